The lowest BCUT2D eigenvalue weighted by Gasteiger charge is -2.16. The van der Waals surface area contributed by atoms with Crippen LogP contribution in [-0.2, 0) is 11.3 Å². The molecule has 3 N–H and O–H groups in total. The minimum absolute atomic E-state index is 0.130. The van der Waals surface area contributed by atoms with Crippen molar-refractivity contribution in [1.82, 2.24) is 10.3 Å². The molecule has 142 valence electrons. The summed E-state index contributed by atoms with van der Waals surface area (Å²) in [5.74, 6) is 0.690. The van der Waals surface area contributed by atoms with E-state index >= 15 is 0 Å². The summed E-state index contributed by atoms with van der Waals surface area (Å²) >= 11 is 1.26. The molecule has 7 nitrogen and oxygen atoms in total. The molecular formula is C19H20N2O5S. The summed E-state index contributed by atoms with van der Waals surface area (Å²) in [4.78, 5) is 16.1. The van der Waals surface area contributed by atoms with Gasteiger partial charge in [-0.1, -0.05) is 30.3 Å². The fourth-order valence-corrected chi connectivity index (χ4v) is 3.45. The maximum absolute atomic E-state index is 11.7. The molecule has 1 heterocycles. The second kappa shape index (κ2) is 8.81. The molecule has 8 heteroatoms. The molecule has 0 spiro atoms. The molecule has 0 aliphatic heterocycles. The van der Waals surface area contributed by atoms with Crippen LogP contribution < -0.4 is 10.1 Å². The van der Waals surface area contributed by atoms with Crippen molar-refractivity contribution in [2.45, 2.75) is 18.8 Å². The average molecular weight is 388 g/mol. The fraction of sp³-hybridized carbons (Fsp3) is 0.263. The summed E-state index contributed by atoms with van der Waals surface area (Å²) < 4.78 is 11.1. The van der Waals surface area contributed by atoms with Gasteiger partial charge in [-0.15, -0.1) is 11.3 Å². The van der Waals surface area contributed by atoms with Gasteiger partial charge in [0.1, 0.15) is 29.6 Å². The number of ether oxygens (including phenoxy) is 2. The van der Waals surface area contributed by atoms with Gasteiger partial charge in [-0.2, -0.15) is 0 Å². The Bertz CT molecular complexity index is 900. The van der Waals surface area contributed by atoms with Crippen molar-refractivity contribution in [1.29, 1.82) is 0 Å². The molecule has 0 radical (unpaired) electrons. The van der Waals surface area contributed by atoms with Crippen molar-refractivity contribution in [3.63, 3.8) is 0 Å². The number of hydrogen-bond acceptors (Lipinski definition) is 7. The minimum atomic E-state index is -1.22. The Kier molecular flexibility index (Phi) is 6.23. The number of carbonyl (C=O) groups excluding carboxylic acids is 1. The van der Waals surface area contributed by atoms with E-state index in [2.05, 4.69) is 10.3 Å². The first-order valence-electron chi connectivity index (χ1n) is 8.32. The highest BCUT2D eigenvalue weighted by Gasteiger charge is 2.23. The fourth-order valence-electron chi connectivity index (χ4n) is 2.41. The standard InChI is InChI=1S/C19H20N2O5S/c1-25-13-7-8-14-16(9-13)27-18(21-14)17(23)15(22)10-20-19(24)26-11-12-5-3-2-4-6-12/h2-9,15,17,22-23H,10-11H2,1H3,(H,20,24). The maximum atomic E-state index is 11.7. The number of carbonyl (C=O) groups is 1. The molecule has 3 rings (SSSR count). The SMILES string of the molecule is COc1ccc2nc(C(O)C(O)CNC(=O)OCc3ccccc3)sc2c1. The summed E-state index contributed by atoms with van der Waals surface area (Å²) in [5.41, 5.74) is 1.57. The topological polar surface area (TPSA) is 101 Å². The van der Waals surface area contributed by atoms with E-state index in [1.54, 1.807) is 19.2 Å². The number of fused-ring (bicyclic) bond motifs is 1. The summed E-state index contributed by atoms with van der Waals surface area (Å²) in [7, 11) is 1.57. The summed E-state index contributed by atoms with van der Waals surface area (Å²) in [6.07, 6.45) is -3.10. The van der Waals surface area contributed by atoms with Crippen LogP contribution in [0.4, 0.5) is 4.79 Å². The first-order valence-corrected chi connectivity index (χ1v) is 9.13. The molecule has 0 aliphatic rings. The zero-order chi connectivity index (χ0) is 19.2. The monoisotopic (exact) mass is 388 g/mol. The third-order valence-electron chi connectivity index (χ3n) is 3.90. The Labute approximate surface area is 160 Å². The van der Waals surface area contributed by atoms with Crippen molar-refractivity contribution in [2.24, 2.45) is 0 Å². The number of nitrogens with zero attached hydrogens (tertiary/aromatic N) is 1. The van der Waals surface area contributed by atoms with Crippen molar-refractivity contribution in [2.75, 3.05) is 13.7 Å². The van der Waals surface area contributed by atoms with Crippen LogP contribution in [0.2, 0.25) is 0 Å². The molecule has 0 bridgehead atoms. The molecule has 0 fully saturated rings. The lowest BCUT2D eigenvalue weighted by Crippen LogP contribution is -2.35. The average Bonchev–Trinajstić information content (AvgIpc) is 3.13. The van der Waals surface area contributed by atoms with Gasteiger partial charge in [0.25, 0.3) is 0 Å². The molecule has 27 heavy (non-hydrogen) atoms. The summed E-state index contributed by atoms with van der Waals surface area (Å²) in [5, 5.41) is 23.3. The van der Waals surface area contributed by atoms with E-state index in [1.165, 1.54) is 11.3 Å². The van der Waals surface area contributed by atoms with E-state index in [0.717, 1.165) is 10.3 Å². The van der Waals surface area contributed by atoms with Crippen LogP contribution in [-0.4, -0.2) is 41.0 Å². The van der Waals surface area contributed by atoms with Crippen molar-refractivity contribution < 1.29 is 24.5 Å². The summed E-state index contributed by atoms with van der Waals surface area (Å²) in [6, 6.07) is 14.6. The van der Waals surface area contributed by atoms with E-state index in [1.807, 2.05) is 36.4 Å². The lowest BCUT2D eigenvalue weighted by molar-refractivity contribution is 0.0184. The number of aliphatic hydroxyl groups excluding tert-OH is 2. The van der Waals surface area contributed by atoms with Crippen molar-refractivity contribution in [3.05, 3.63) is 59.1 Å². The Morgan fingerprint density at radius 1 is 1.22 bits per heavy atom. The van der Waals surface area contributed by atoms with Crippen LogP contribution in [0.15, 0.2) is 48.5 Å². The van der Waals surface area contributed by atoms with Crippen LogP contribution in [0, 0.1) is 0 Å². The van der Waals surface area contributed by atoms with Crippen LogP contribution in [0.3, 0.4) is 0 Å². The van der Waals surface area contributed by atoms with Crippen LogP contribution in [0.25, 0.3) is 10.2 Å². The van der Waals surface area contributed by atoms with Crippen molar-refractivity contribution >= 4 is 27.6 Å². The van der Waals surface area contributed by atoms with E-state index < -0.39 is 18.3 Å². The molecular weight excluding hydrogens is 368 g/mol. The molecule has 1 aromatic heterocycles. The maximum Gasteiger partial charge on any atom is 0.407 e. The largest absolute Gasteiger partial charge is 0.497 e. The predicted molar refractivity (Wildman–Crippen MR) is 102 cm³/mol. The number of benzene rings is 2. The van der Waals surface area contributed by atoms with Crippen molar-refractivity contribution in [3.8, 4) is 5.75 Å². The van der Waals surface area contributed by atoms with E-state index in [0.29, 0.717) is 16.3 Å². The van der Waals surface area contributed by atoms with Crippen LogP contribution >= 0.6 is 11.3 Å². The number of amides is 1. The van der Waals surface area contributed by atoms with Gasteiger partial charge in [0, 0.05) is 6.54 Å². The summed E-state index contributed by atoms with van der Waals surface area (Å²) in [6.45, 7) is -0.0287. The Morgan fingerprint density at radius 3 is 2.74 bits per heavy atom. The van der Waals surface area contributed by atoms with Gasteiger partial charge < -0.3 is 25.0 Å². The van der Waals surface area contributed by atoms with Gasteiger partial charge in [0.05, 0.1) is 17.3 Å². The number of aliphatic hydroxyl groups is 2. The zero-order valence-corrected chi connectivity index (χ0v) is 15.5. The lowest BCUT2D eigenvalue weighted by atomic mass is 10.2. The van der Waals surface area contributed by atoms with Gasteiger partial charge in [-0.25, -0.2) is 9.78 Å². The van der Waals surface area contributed by atoms with Crippen LogP contribution in [0.1, 0.15) is 16.7 Å². The zero-order valence-electron chi connectivity index (χ0n) is 14.7. The first-order chi connectivity index (χ1) is 13.1. The normalized spacial score (nSPS) is 13.1. The van der Waals surface area contributed by atoms with Crippen LogP contribution in [0.5, 0.6) is 5.75 Å². The molecule has 0 saturated carbocycles. The first kappa shape index (κ1) is 19.1. The molecule has 1 amide bonds. The Morgan fingerprint density at radius 2 is 2.00 bits per heavy atom. The molecule has 2 unspecified atom stereocenters. The second-order valence-electron chi connectivity index (χ2n) is 5.84. The third-order valence-corrected chi connectivity index (χ3v) is 4.99. The quantitative estimate of drug-likeness (QED) is 0.575. The highest BCUT2D eigenvalue weighted by Crippen LogP contribution is 2.30. The number of hydrogen-bond donors (Lipinski definition) is 3. The highest BCUT2D eigenvalue weighted by atomic mass is 32.1. The van der Waals surface area contributed by atoms with E-state index in [4.69, 9.17) is 9.47 Å². The van der Waals surface area contributed by atoms with Gasteiger partial charge >= 0.3 is 6.09 Å². The minimum Gasteiger partial charge on any atom is -0.497 e. The number of aromatic nitrogens is 1. The van der Waals surface area contributed by atoms with E-state index in [-0.39, 0.29) is 13.2 Å². The molecule has 0 saturated heterocycles. The third kappa shape index (κ3) is 4.94. The number of rotatable bonds is 7. The van der Waals surface area contributed by atoms with E-state index in [9.17, 15) is 15.0 Å². The molecule has 0 aliphatic carbocycles. The van der Waals surface area contributed by atoms with Gasteiger partial charge in [-0.3, -0.25) is 0 Å². The van der Waals surface area contributed by atoms with Gasteiger partial charge in [0.2, 0.25) is 0 Å². The predicted octanol–water partition coefficient (Wildman–Crippen LogP) is 2.63. The number of alkyl carbamates (subject to hydrolysis) is 1. The highest BCUT2D eigenvalue weighted by molar-refractivity contribution is 7.18. The van der Waals surface area contributed by atoms with Gasteiger partial charge in [0.15, 0.2) is 0 Å². The Balaban J connectivity index is 1.52. The number of methoxy groups -OCH3 is 1. The number of thiazole rings is 1. The second-order valence-corrected chi connectivity index (χ2v) is 6.90. The number of nitrogens with one attached hydrogen (secondary N) is 1. The molecule has 2 aromatic carbocycles. The molecule has 3 aromatic rings. The Hall–Kier alpha value is -2.68. The van der Waals surface area contributed by atoms with Gasteiger partial charge in [-0.05, 0) is 23.8 Å². The molecule has 2 atom stereocenters. The smallest absolute Gasteiger partial charge is 0.407 e.